The summed E-state index contributed by atoms with van der Waals surface area (Å²) in [5, 5.41) is 15.2. The molecule has 1 aliphatic rings. The Hall–Kier alpha value is -0.729. The third-order valence-electron chi connectivity index (χ3n) is 14.4. The van der Waals surface area contributed by atoms with Crippen molar-refractivity contribution in [3.63, 3.8) is 0 Å². The first-order chi connectivity index (χ1) is 25.2. The maximum Gasteiger partial charge on any atom is 0.192 e. The van der Waals surface area contributed by atoms with Crippen LogP contribution in [0.5, 0.6) is 0 Å². The standard InChI is InChI=1S/C46H87NO5SSi3/c1-34(26-27-38(51-55(17,18)43(7,8)9)35(2)32-37-33-53-36(3)47-37)24-21-22-25-39(48)45(13,14)41(49)46(29-23-30-46)40(52-56(19,20)44(10,11)12)28-31-50-54(15,16)42(4,5)6/h26,32-33,38-40,48H,21-25,27-31H2,1-20H3/t38-,39-,40-/m0/s1. The first-order valence-corrected chi connectivity index (χ1v) is 31.3. The van der Waals surface area contributed by atoms with Gasteiger partial charge in [0.2, 0.25) is 0 Å². The van der Waals surface area contributed by atoms with Gasteiger partial charge in [-0.15, -0.1) is 11.3 Å². The smallest absolute Gasteiger partial charge is 0.192 e. The highest BCUT2D eigenvalue weighted by molar-refractivity contribution is 7.09. The number of hydrogen-bond donors (Lipinski definition) is 1. The minimum atomic E-state index is -2.20. The van der Waals surface area contributed by atoms with Gasteiger partial charge >= 0.3 is 0 Å². The summed E-state index contributed by atoms with van der Waals surface area (Å²) in [4.78, 5) is 19.5. The van der Waals surface area contributed by atoms with Crippen LogP contribution in [0.3, 0.4) is 0 Å². The lowest BCUT2D eigenvalue weighted by molar-refractivity contribution is -0.159. The van der Waals surface area contributed by atoms with Gasteiger partial charge in [-0.05, 0) is 132 Å². The molecule has 0 spiro atoms. The lowest BCUT2D eigenvalue weighted by Gasteiger charge is -2.53. The Labute approximate surface area is 352 Å². The van der Waals surface area contributed by atoms with Crippen LogP contribution in [-0.4, -0.2) is 65.7 Å². The molecule has 3 atom stereocenters. The van der Waals surface area contributed by atoms with Crippen LogP contribution >= 0.6 is 11.3 Å². The van der Waals surface area contributed by atoms with Crippen molar-refractivity contribution in [1.29, 1.82) is 0 Å². The summed E-state index contributed by atoms with van der Waals surface area (Å²) < 4.78 is 20.9. The molecule has 6 nitrogen and oxygen atoms in total. The molecule has 0 radical (unpaired) electrons. The van der Waals surface area contributed by atoms with Gasteiger partial charge in [0, 0.05) is 17.4 Å². The Morgan fingerprint density at radius 2 is 1.39 bits per heavy atom. The topological polar surface area (TPSA) is 77.9 Å². The molecule has 10 heteroatoms. The molecule has 0 saturated heterocycles. The van der Waals surface area contributed by atoms with E-state index in [1.165, 1.54) is 11.1 Å². The van der Waals surface area contributed by atoms with Crippen LogP contribution < -0.4 is 0 Å². The van der Waals surface area contributed by atoms with E-state index in [1.54, 1.807) is 11.3 Å². The molecule has 56 heavy (non-hydrogen) atoms. The van der Waals surface area contributed by atoms with Gasteiger partial charge in [-0.2, -0.15) is 0 Å². The van der Waals surface area contributed by atoms with Crippen LogP contribution in [0.25, 0.3) is 6.08 Å². The van der Waals surface area contributed by atoms with Crippen molar-refractivity contribution in [3.8, 4) is 0 Å². The number of aromatic nitrogens is 1. The highest BCUT2D eigenvalue weighted by atomic mass is 32.1. The third-order valence-corrected chi connectivity index (χ3v) is 28.7. The number of rotatable bonds is 21. The largest absolute Gasteiger partial charge is 0.417 e. The summed E-state index contributed by atoms with van der Waals surface area (Å²) in [5.41, 5.74) is 2.11. The minimum absolute atomic E-state index is 0.00312. The highest BCUT2D eigenvalue weighted by Crippen LogP contribution is 2.54. The molecule has 1 aromatic heterocycles. The number of aliphatic hydroxyl groups excluding tert-OH is 1. The fraction of sp³-hybridized carbons (Fsp3) is 0.826. The number of carbonyl (C=O) groups excluding carboxylic acids is 1. The zero-order valence-corrected chi connectivity index (χ0v) is 43.8. The monoisotopic (exact) mass is 850 g/mol. The van der Waals surface area contributed by atoms with Crippen LogP contribution in [0.2, 0.25) is 54.4 Å². The van der Waals surface area contributed by atoms with Crippen LogP contribution in [-0.2, 0) is 18.1 Å². The number of ketones is 1. The summed E-state index contributed by atoms with van der Waals surface area (Å²) in [6, 6.07) is 0. The van der Waals surface area contributed by atoms with Crippen molar-refractivity contribution >= 4 is 48.1 Å². The molecule has 0 aromatic carbocycles. The number of allylic oxidation sites excluding steroid dienone is 1. The van der Waals surface area contributed by atoms with E-state index in [-0.39, 0.29) is 33.1 Å². The molecule has 324 valence electrons. The summed E-state index contributed by atoms with van der Waals surface area (Å²) in [7, 11) is -6.15. The quantitative estimate of drug-likeness (QED) is 0.0754. The van der Waals surface area contributed by atoms with E-state index in [4.69, 9.17) is 13.3 Å². The van der Waals surface area contributed by atoms with E-state index < -0.39 is 41.9 Å². The predicted octanol–water partition coefficient (Wildman–Crippen LogP) is 14.1. The summed E-state index contributed by atoms with van der Waals surface area (Å²) >= 11 is 1.68. The van der Waals surface area contributed by atoms with Gasteiger partial charge in [-0.1, -0.05) is 101 Å². The molecule has 1 heterocycles. The SMILES string of the molecule is CC(=CC[C@H](O[Si](C)(C)C(C)(C)C)C(C)=Cc1csc(C)n1)CCCC[C@H](O)C(C)(C)C(=O)C1([C@H](CCO[Si](C)(C)C(C)(C)C)O[Si](C)(C)C(C)(C)C)CCC1. The van der Waals surface area contributed by atoms with Gasteiger partial charge in [-0.3, -0.25) is 4.79 Å². The zero-order valence-electron chi connectivity index (χ0n) is 40.0. The zero-order chi connectivity index (χ0) is 43.3. The van der Waals surface area contributed by atoms with Gasteiger partial charge < -0.3 is 18.4 Å². The van der Waals surface area contributed by atoms with Gasteiger partial charge in [0.15, 0.2) is 25.0 Å². The van der Waals surface area contributed by atoms with E-state index in [2.05, 4.69) is 138 Å². The molecular formula is C46H87NO5SSi3. The number of hydrogen-bond acceptors (Lipinski definition) is 7. The Morgan fingerprint density at radius 3 is 1.86 bits per heavy atom. The Balaban J connectivity index is 2.17. The number of unbranched alkanes of at least 4 members (excludes halogenated alkanes) is 1. The predicted molar refractivity (Wildman–Crippen MR) is 250 cm³/mol. The van der Waals surface area contributed by atoms with Crippen LogP contribution in [0.1, 0.15) is 158 Å². The van der Waals surface area contributed by atoms with Crippen LogP contribution in [0, 0.1) is 17.8 Å². The van der Waals surface area contributed by atoms with E-state index in [0.717, 1.165) is 55.6 Å². The van der Waals surface area contributed by atoms with Crippen LogP contribution in [0.15, 0.2) is 22.6 Å². The van der Waals surface area contributed by atoms with Gasteiger partial charge in [0.1, 0.15) is 5.78 Å². The number of aryl methyl sites for hydroxylation is 1. The number of aliphatic hydroxyl groups is 1. The van der Waals surface area contributed by atoms with Crippen molar-refractivity contribution in [2.24, 2.45) is 10.8 Å². The molecule has 0 aliphatic heterocycles. The summed E-state index contributed by atoms with van der Waals surface area (Å²) in [6.45, 7) is 45.3. The number of nitrogens with zero attached hydrogens (tertiary/aromatic N) is 1. The van der Waals surface area contributed by atoms with E-state index in [1.807, 2.05) is 20.8 Å². The van der Waals surface area contributed by atoms with E-state index in [9.17, 15) is 9.90 Å². The summed E-state index contributed by atoms with van der Waals surface area (Å²) in [6.07, 6.45) is 11.2. The van der Waals surface area contributed by atoms with Crippen molar-refractivity contribution < 1.29 is 23.2 Å². The van der Waals surface area contributed by atoms with Gasteiger partial charge in [0.25, 0.3) is 0 Å². The van der Waals surface area contributed by atoms with Crippen molar-refractivity contribution in [2.45, 2.75) is 227 Å². The number of carbonyl (C=O) groups is 1. The molecule has 1 aromatic rings. The van der Waals surface area contributed by atoms with Crippen molar-refractivity contribution in [2.75, 3.05) is 6.61 Å². The van der Waals surface area contributed by atoms with Crippen LogP contribution in [0.4, 0.5) is 0 Å². The fourth-order valence-corrected chi connectivity index (χ4v) is 11.2. The molecule has 1 N–H and O–H groups in total. The molecule has 2 rings (SSSR count). The van der Waals surface area contributed by atoms with Crippen molar-refractivity contribution in [1.82, 2.24) is 4.98 Å². The Kier molecular flexibility index (Phi) is 17.7. The maximum atomic E-state index is 14.8. The first kappa shape index (κ1) is 51.4. The van der Waals surface area contributed by atoms with E-state index in [0.29, 0.717) is 19.4 Å². The normalized spacial score (nSPS) is 18.4. The third kappa shape index (κ3) is 13.4. The second-order valence-electron chi connectivity index (χ2n) is 22.4. The lowest BCUT2D eigenvalue weighted by atomic mass is 9.56. The number of Topliss-reactive ketones (excluding diaryl/α,β-unsaturated/α-hetero) is 1. The average molecular weight is 851 g/mol. The first-order valence-electron chi connectivity index (χ1n) is 21.7. The maximum absolute atomic E-state index is 14.8. The Morgan fingerprint density at radius 1 is 0.857 bits per heavy atom. The molecule has 1 saturated carbocycles. The molecule has 0 unspecified atom stereocenters. The molecule has 1 aliphatic carbocycles. The lowest BCUT2D eigenvalue weighted by Crippen LogP contribution is -2.59. The molecule has 0 amide bonds. The molecular weight excluding hydrogens is 763 g/mol. The molecule has 1 fully saturated rings. The minimum Gasteiger partial charge on any atom is -0.417 e. The second kappa shape index (κ2) is 19.3. The van der Waals surface area contributed by atoms with Crippen molar-refractivity contribution in [3.05, 3.63) is 33.3 Å². The second-order valence-corrected chi connectivity index (χ2v) is 37.8. The average Bonchev–Trinajstić information content (AvgIpc) is 3.42. The fourth-order valence-electron chi connectivity index (χ4n) is 6.81. The Bertz CT molecular complexity index is 1480. The molecule has 0 bridgehead atoms. The highest BCUT2D eigenvalue weighted by Gasteiger charge is 2.58. The number of thiazole rings is 1. The van der Waals surface area contributed by atoms with E-state index >= 15 is 0 Å². The van der Waals surface area contributed by atoms with Gasteiger partial charge in [0.05, 0.1) is 34.4 Å². The summed E-state index contributed by atoms with van der Waals surface area (Å²) in [5.74, 6) is 0.180. The van der Waals surface area contributed by atoms with Gasteiger partial charge in [-0.25, -0.2) is 4.98 Å².